The molecule has 0 saturated carbocycles. The molecule has 0 radical (unpaired) electrons. The number of nitrogens with zero attached hydrogens (tertiary/aromatic N) is 2. The van der Waals surface area contributed by atoms with E-state index in [1.54, 1.807) is 18.5 Å². The molecule has 2 aliphatic heterocycles. The lowest BCUT2D eigenvalue weighted by Gasteiger charge is -2.39. The number of rotatable bonds is 5. The second kappa shape index (κ2) is 8.07. The molecule has 6 heteroatoms. The van der Waals surface area contributed by atoms with Crippen molar-refractivity contribution in [3.8, 4) is 5.75 Å². The summed E-state index contributed by atoms with van der Waals surface area (Å²) >= 11 is 12.0. The SMILES string of the molecule is O=C(CCc1ccc(Cl)c(Cl)c1)N1C2CCC1CC(Oc1ccncc1)C2. The van der Waals surface area contributed by atoms with Gasteiger partial charge in [0.15, 0.2) is 0 Å². The van der Waals surface area contributed by atoms with Gasteiger partial charge in [0, 0.05) is 43.7 Å². The maximum Gasteiger partial charge on any atom is 0.223 e. The first-order chi connectivity index (χ1) is 13.1. The highest BCUT2D eigenvalue weighted by molar-refractivity contribution is 6.42. The van der Waals surface area contributed by atoms with Gasteiger partial charge in [0.1, 0.15) is 11.9 Å². The van der Waals surface area contributed by atoms with Gasteiger partial charge >= 0.3 is 0 Å². The number of pyridine rings is 1. The van der Waals surface area contributed by atoms with E-state index in [-0.39, 0.29) is 24.1 Å². The summed E-state index contributed by atoms with van der Waals surface area (Å²) in [6, 6.07) is 9.92. The summed E-state index contributed by atoms with van der Waals surface area (Å²) in [5, 5.41) is 1.08. The van der Waals surface area contributed by atoms with Crippen LogP contribution in [0.1, 0.15) is 37.7 Å². The molecule has 4 rings (SSSR count). The maximum absolute atomic E-state index is 12.9. The van der Waals surface area contributed by atoms with Crippen LogP contribution in [0.5, 0.6) is 5.75 Å². The van der Waals surface area contributed by atoms with E-state index in [9.17, 15) is 4.79 Å². The summed E-state index contributed by atoms with van der Waals surface area (Å²) in [6.45, 7) is 0. The molecule has 0 aliphatic carbocycles. The van der Waals surface area contributed by atoms with Crippen LogP contribution in [0.4, 0.5) is 0 Å². The number of aryl methyl sites for hydroxylation is 1. The van der Waals surface area contributed by atoms with E-state index in [1.165, 1.54) is 0 Å². The van der Waals surface area contributed by atoms with Gasteiger partial charge in [0.05, 0.1) is 10.0 Å². The summed E-state index contributed by atoms with van der Waals surface area (Å²) < 4.78 is 6.11. The quantitative estimate of drug-likeness (QED) is 0.709. The number of piperidine rings is 1. The molecule has 27 heavy (non-hydrogen) atoms. The summed E-state index contributed by atoms with van der Waals surface area (Å²) in [6.07, 6.45) is 8.78. The van der Waals surface area contributed by atoms with E-state index in [1.807, 2.05) is 24.3 Å². The lowest BCUT2D eigenvalue weighted by molar-refractivity contribution is -0.137. The number of aromatic nitrogens is 1. The molecular weight excluding hydrogens is 383 g/mol. The first-order valence-corrected chi connectivity index (χ1v) is 10.2. The Hall–Kier alpha value is -1.78. The maximum atomic E-state index is 12.9. The van der Waals surface area contributed by atoms with Crippen LogP contribution < -0.4 is 4.74 Å². The van der Waals surface area contributed by atoms with Crippen molar-refractivity contribution < 1.29 is 9.53 Å². The van der Waals surface area contributed by atoms with Crippen molar-refractivity contribution in [1.82, 2.24) is 9.88 Å². The summed E-state index contributed by atoms with van der Waals surface area (Å²) in [5.41, 5.74) is 1.04. The van der Waals surface area contributed by atoms with Crippen molar-refractivity contribution in [1.29, 1.82) is 0 Å². The topological polar surface area (TPSA) is 42.4 Å². The average molecular weight is 405 g/mol. The average Bonchev–Trinajstić information content (AvgIpc) is 2.94. The van der Waals surface area contributed by atoms with Gasteiger partial charge in [-0.2, -0.15) is 0 Å². The van der Waals surface area contributed by atoms with Gasteiger partial charge in [0.25, 0.3) is 0 Å². The van der Waals surface area contributed by atoms with Crippen molar-refractivity contribution in [2.45, 2.75) is 56.7 Å². The Morgan fingerprint density at radius 1 is 1.07 bits per heavy atom. The number of hydrogen-bond acceptors (Lipinski definition) is 3. The molecule has 1 aromatic heterocycles. The zero-order valence-corrected chi connectivity index (χ0v) is 16.5. The standard InChI is InChI=1S/C21H22Cl2N2O2/c22-19-5-1-14(11-20(19)23)2-6-21(26)25-15-3-4-16(25)13-18(12-15)27-17-7-9-24-10-8-17/h1,5,7-11,15-16,18H,2-4,6,12-13H2. The fraction of sp³-hybridized carbons (Fsp3) is 0.429. The highest BCUT2D eigenvalue weighted by Crippen LogP contribution is 2.38. The minimum Gasteiger partial charge on any atom is -0.490 e. The third kappa shape index (κ3) is 4.22. The molecule has 1 aromatic carbocycles. The predicted molar refractivity (Wildman–Crippen MR) is 106 cm³/mol. The number of benzene rings is 1. The van der Waals surface area contributed by atoms with Crippen molar-refractivity contribution in [2.24, 2.45) is 0 Å². The number of carbonyl (C=O) groups is 1. The summed E-state index contributed by atoms with van der Waals surface area (Å²) in [7, 11) is 0. The Morgan fingerprint density at radius 2 is 1.78 bits per heavy atom. The fourth-order valence-corrected chi connectivity index (χ4v) is 4.64. The van der Waals surface area contributed by atoms with Crippen LogP contribution in [-0.2, 0) is 11.2 Å². The van der Waals surface area contributed by atoms with Crippen LogP contribution in [0, 0.1) is 0 Å². The van der Waals surface area contributed by atoms with Crippen LogP contribution in [-0.4, -0.2) is 34.0 Å². The van der Waals surface area contributed by atoms with E-state index >= 15 is 0 Å². The number of amides is 1. The monoisotopic (exact) mass is 404 g/mol. The first kappa shape index (κ1) is 18.6. The first-order valence-electron chi connectivity index (χ1n) is 9.42. The Labute approximate surface area is 169 Å². The molecule has 4 nitrogen and oxygen atoms in total. The molecule has 2 bridgehead atoms. The molecule has 0 spiro atoms. The van der Waals surface area contributed by atoms with Gasteiger partial charge in [0.2, 0.25) is 5.91 Å². The van der Waals surface area contributed by atoms with Crippen molar-refractivity contribution in [2.75, 3.05) is 0 Å². The molecule has 1 amide bonds. The molecule has 2 aliphatic rings. The molecule has 2 atom stereocenters. The van der Waals surface area contributed by atoms with Crippen LogP contribution in [0.25, 0.3) is 0 Å². The van der Waals surface area contributed by atoms with Gasteiger partial charge in [-0.3, -0.25) is 9.78 Å². The van der Waals surface area contributed by atoms with Gasteiger partial charge in [-0.25, -0.2) is 0 Å². The largest absolute Gasteiger partial charge is 0.490 e. The third-order valence-corrected chi connectivity index (χ3v) is 6.28. The molecule has 2 unspecified atom stereocenters. The van der Waals surface area contributed by atoms with Crippen LogP contribution in [0.15, 0.2) is 42.7 Å². The summed E-state index contributed by atoms with van der Waals surface area (Å²) in [5.74, 6) is 1.09. The zero-order chi connectivity index (χ0) is 18.8. The minimum absolute atomic E-state index is 0.170. The second-order valence-corrected chi connectivity index (χ2v) is 8.14. The van der Waals surface area contributed by atoms with Gasteiger partial charge < -0.3 is 9.64 Å². The fourth-order valence-electron chi connectivity index (χ4n) is 4.32. The smallest absolute Gasteiger partial charge is 0.223 e. The normalized spacial score (nSPS) is 24.1. The van der Waals surface area contributed by atoms with Crippen molar-refractivity contribution >= 4 is 29.1 Å². The predicted octanol–water partition coefficient (Wildman–Crippen LogP) is 4.92. The molecule has 0 N–H and O–H groups in total. The Balaban J connectivity index is 1.34. The Morgan fingerprint density at radius 3 is 2.44 bits per heavy atom. The van der Waals surface area contributed by atoms with E-state index < -0.39 is 0 Å². The molecule has 2 saturated heterocycles. The second-order valence-electron chi connectivity index (χ2n) is 7.33. The number of halogens is 2. The Bertz CT molecular complexity index is 801. The van der Waals surface area contributed by atoms with Gasteiger partial charge in [-0.05, 0) is 49.1 Å². The van der Waals surface area contributed by atoms with E-state index in [0.717, 1.165) is 37.0 Å². The lowest BCUT2D eigenvalue weighted by atomic mass is 9.98. The summed E-state index contributed by atoms with van der Waals surface area (Å²) in [4.78, 5) is 19.0. The van der Waals surface area contributed by atoms with Gasteiger partial charge in [-0.1, -0.05) is 29.3 Å². The zero-order valence-electron chi connectivity index (χ0n) is 15.0. The third-order valence-electron chi connectivity index (χ3n) is 5.54. The van der Waals surface area contributed by atoms with E-state index in [2.05, 4.69) is 9.88 Å². The van der Waals surface area contributed by atoms with Crippen LogP contribution in [0.3, 0.4) is 0 Å². The molecule has 2 fully saturated rings. The Kier molecular flexibility index (Phi) is 5.55. The molecule has 2 aromatic rings. The van der Waals surface area contributed by atoms with Gasteiger partial charge in [-0.15, -0.1) is 0 Å². The van der Waals surface area contributed by atoms with E-state index in [4.69, 9.17) is 27.9 Å². The van der Waals surface area contributed by atoms with Crippen LogP contribution in [0.2, 0.25) is 10.0 Å². The van der Waals surface area contributed by atoms with Crippen molar-refractivity contribution in [3.63, 3.8) is 0 Å². The minimum atomic E-state index is 0.170. The number of hydrogen-bond donors (Lipinski definition) is 0. The van der Waals surface area contributed by atoms with Crippen molar-refractivity contribution in [3.05, 3.63) is 58.3 Å². The lowest BCUT2D eigenvalue weighted by Crippen LogP contribution is -2.49. The number of ether oxygens (including phenoxy) is 1. The number of fused-ring (bicyclic) bond motifs is 2. The molecule has 3 heterocycles. The highest BCUT2D eigenvalue weighted by Gasteiger charge is 2.43. The van der Waals surface area contributed by atoms with E-state index in [0.29, 0.717) is 22.9 Å². The molecule has 142 valence electrons. The number of carbonyl (C=O) groups excluding carboxylic acids is 1. The molecular formula is C21H22Cl2N2O2. The highest BCUT2D eigenvalue weighted by atomic mass is 35.5. The van der Waals surface area contributed by atoms with Crippen LogP contribution >= 0.6 is 23.2 Å².